The van der Waals surface area contributed by atoms with Crippen LogP contribution in [-0.4, -0.2) is 24.7 Å². The second kappa shape index (κ2) is 60.5. The summed E-state index contributed by atoms with van der Waals surface area (Å²) in [7, 11) is 0. The summed E-state index contributed by atoms with van der Waals surface area (Å²) in [6, 6.07) is 0. The Labute approximate surface area is 361 Å². The first-order valence-electron chi connectivity index (χ1n) is 23.4. The molecule has 370 valence electrons. The molecule has 0 nitrogen and oxygen atoms in total. The standard InChI is InChI=1S/2C6H11F3.C5H12.2C4H7F3.4C4H10.C3H8.C2H6/c2*1-3-5(2)4-6(7,8)9;1-3-5-4-2;2*1-3(2)4(5,6)7;2*1-4(2)3;2*1-3-4-2;1-3-2;1-2/h2*5H,3-4H2,1-2H3;3-5H2,1-2H3;2*3H,1-2H3;2*4H,1-3H3;2*3-4H2,1-2H3;3H2,1-2H3;1-2H3/t2*5-;;;;;;;;;/m00........./s1/i;;;3D;;4D;;3D2;;;. The molecule has 0 heterocycles. The van der Waals surface area contributed by atoms with Crippen molar-refractivity contribution in [2.75, 3.05) is 0 Å². The molecule has 0 bridgehead atoms. The van der Waals surface area contributed by atoms with Crippen molar-refractivity contribution < 1.29 is 58.2 Å². The van der Waals surface area contributed by atoms with Gasteiger partial charge in [-0.2, -0.15) is 52.7 Å². The van der Waals surface area contributed by atoms with Gasteiger partial charge in [-0.15, -0.1) is 0 Å². The Hall–Kier alpha value is -0.840. The van der Waals surface area contributed by atoms with Crippen LogP contribution in [-0.2, 0) is 0 Å². The maximum atomic E-state index is 11.5. The molecule has 0 aliphatic carbocycles. The lowest BCUT2D eigenvalue weighted by atomic mass is 10.1. The highest BCUT2D eigenvalue weighted by molar-refractivity contribution is 4.57. The molecule has 2 atom stereocenters. The molecule has 0 saturated heterocycles. The van der Waals surface area contributed by atoms with Crippen molar-refractivity contribution >= 4 is 0 Å². The molecular formula is C46H102F12. The smallest absolute Gasteiger partial charge is 0.171 e. The van der Waals surface area contributed by atoms with Crippen LogP contribution in [0.15, 0.2) is 0 Å². The Kier molecular flexibility index (Phi) is 74.7. The van der Waals surface area contributed by atoms with Crippen LogP contribution >= 0.6 is 0 Å². The van der Waals surface area contributed by atoms with E-state index >= 15 is 0 Å². The summed E-state index contributed by atoms with van der Waals surface area (Å²) < 4.78 is 164. The Morgan fingerprint density at radius 3 is 0.621 bits per heavy atom. The van der Waals surface area contributed by atoms with E-state index in [0.29, 0.717) is 19.3 Å². The predicted octanol–water partition coefficient (Wildman–Crippen LogP) is 22.0. The number of halogens is 12. The summed E-state index contributed by atoms with van der Waals surface area (Å²) in [6.45, 7) is 43.1. The van der Waals surface area contributed by atoms with Gasteiger partial charge in [0.15, 0.2) is 0 Å². The normalized spacial score (nSPS) is 13.0. The van der Waals surface area contributed by atoms with Crippen LogP contribution in [0.2, 0.25) is 0 Å². The van der Waals surface area contributed by atoms with E-state index in [1.807, 2.05) is 41.5 Å². The lowest BCUT2D eigenvalue weighted by Gasteiger charge is -2.10. The molecule has 12 heteroatoms. The average Bonchev–Trinajstić information content (AvgIpc) is 3.04. The van der Waals surface area contributed by atoms with Gasteiger partial charge in [-0.3, -0.25) is 0 Å². The Morgan fingerprint density at radius 2 is 0.603 bits per heavy atom. The molecule has 0 N–H and O–H groups in total. The fourth-order valence-corrected chi connectivity index (χ4v) is 1.43. The van der Waals surface area contributed by atoms with Crippen LogP contribution in [0.4, 0.5) is 52.7 Å². The molecule has 0 aromatic heterocycles. The van der Waals surface area contributed by atoms with Gasteiger partial charge in [-0.25, -0.2) is 0 Å². The molecule has 0 aliphatic heterocycles. The molecule has 0 rings (SSSR count). The minimum Gasteiger partial charge on any atom is -0.171 e. The molecule has 0 aromatic carbocycles. The van der Waals surface area contributed by atoms with Crippen molar-refractivity contribution in [3.8, 4) is 0 Å². The van der Waals surface area contributed by atoms with Gasteiger partial charge >= 0.3 is 24.7 Å². The van der Waals surface area contributed by atoms with Gasteiger partial charge in [0.25, 0.3) is 0 Å². The second-order valence-corrected chi connectivity index (χ2v) is 14.9. The van der Waals surface area contributed by atoms with E-state index in [4.69, 9.17) is 5.48 Å². The van der Waals surface area contributed by atoms with Crippen LogP contribution in [0.1, 0.15) is 249 Å². The summed E-state index contributed by atoms with van der Waals surface area (Å²) in [5.41, 5.74) is 0. The number of hydrogen-bond donors (Lipinski definition) is 0. The van der Waals surface area contributed by atoms with Crippen LogP contribution in [0.5, 0.6) is 0 Å². The van der Waals surface area contributed by atoms with E-state index in [1.165, 1.54) is 38.5 Å². The Balaban J connectivity index is -0.0000000524. The lowest BCUT2D eigenvalue weighted by molar-refractivity contribution is -0.165. The molecule has 58 heavy (non-hydrogen) atoms. The highest BCUT2D eigenvalue weighted by Crippen LogP contribution is 2.27. The van der Waals surface area contributed by atoms with Crippen molar-refractivity contribution in [3.05, 3.63) is 0 Å². The van der Waals surface area contributed by atoms with Crippen LogP contribution in [0, 0.1) is 35.5 Å². The quantitative estimate of drug-likeness (QED) is 0.213. The van der Waals surface area contributed by atoms with Crippen LogP contribution < -0.4 is 0 Å². The van der Waals surface area contributed by atoms with E-state index < -0.39 is 55.7 Å². The molecule has 0 aliphatic rings. The monoisotopic (exact) mass is 887 g/mol. The Bertz CT molecular complexity index is 730. The number of rotatable bonds is 8. The van der Waals surface area contributed by atoms with Gasteiger partial charge < -0.3 is 0 Å². The summed E-state index contributed by atoms with van der Waals surface area (Å²) in [6.07, 6.45) is -8.84. The van der Waals surface area contributed by atoms with Crippen molar-refractivity contribution in [2.45, 2.75) is 268 Å². The molecule has 0 saturated carbocycles. The van der Waals surface area contributed by atoms with E-state index in [9.17, 15) is 52.7 Å². The van der Waals surface area contributed by atoms with Crippen LogP contribution in [0.25, 0.3) is 0 Å². The van der Waals surface area contributed by atoms with E-state index in [-0.39, 0.29) is 17.7 Å². The zero-order chi connectivity index (χ0) is 53.6. The first kappa shape index (κ1) is 71.7. The highest BCUT2D eigenvalue weighted by atomic mass is 19.4. The summed E-state index contributed by atoms with van der Waals surface area (Å²) >= 11 is 0. The summed E-state index contributed by atoms with van der Waals surface area (Å²) in [5.74, 6) is -3.39. The summed E-state index contributed by atoms with van der Waals surface area (Å²) in [5, 5.41) is 0. The zero-order valence-electron chi connectivity index (χ0n) is 46.1. The van der Waals surface area contributed by atoms with Crippen molar-refractivity contribution in [1.82, 2.24) is 0 Å². The van der Waals surface area contributed by atoms with Crippen molar-refractivity contribution in [3.63, 3.8) is 0 Å². The van der Waals surface area contributed by atoms with Gasteiger partial charge in [0, 0.05) is 30.1 Å². The van der Waals surface area contributed by atoms with Crippen molar-refractivity contribution in [1.29, 1.82) is 0 Å². The maximum Gasteiger partial charge on any atom is 0.391 e. The number of unbranched alkanes of at least 4 members (excludes halogenated alkanes) is 3. The zero-order valence-corrected chi connectivity index (χ0v) is 42.1. The van der Waals surface area contributed by atoms with Gasteiger partial charge in [0.1, 0.15) is 0 Å². The SMILES string of the molecule is CC.CC(C)C.CC(C)C(F)(F)F.CCC.CCCC.CCCCC.CC[C@H](C)CC(F)(F)F.CC[C@H](C)CC(F)(F)F.[2H]C(C)(C)C.[2H]C(C)(C)C(F)(F)F.[2H]C([2H])(C)CC. The van der Waals surface area contributed by atoms with Crippen molar-refractivity contribution in [2.24, 2.45) is 35.5 Å². The Morgan fingerprint density at radius 1 is 0.431 bits per heavy atom. The third-order valence-electron chi connectivity index (χ3n) is 5.34. The van der Waals surface area contributed by atoms with Gasteiger partial charge in [-0.1, -0.05) is 230 Å². The minimum absolute atomic E-state index is 0.231. The second-order valence-electron chi connectivity index (χ2n) is 14.9. The first-order chi connectivity index (χ1) is 27.1. The van der Waals surface area contributed by atoms with Gasteiger partial charge in [0.2, 0.25) is 0 Å². The molecule has 0 radical (unpaired) electrons. The van der Waals surface area contributed by atoms with E-state index in [1.54, 1.807) is 34.6 Å². The molecule has 0 amide bonds. The molecule has 0 unspecified atom stereocenters. The van der Waals surface area contributed by atoms with Crippen LogP contribution in [0.3, 0.4) is 0 Å². The van der Waals surface area contributed by atoms with E-state index in [2.05, 4.69) is 62.3 Å². The molecule has 0 fully saturated rings. The fraction of sp³-hybridized carbons (Fsp3) is 1.00. The predicted molar refractivity (Wildman–Crippen MR) is 237 cm³/mol. The van der Waals surface area contributed by atoms with Gasteiger partial charge in [-0.05, 0) is 23.6 Å². The summed E-state index contributed by atoms with van der Waals surface area (Å²) in [4.78, 5) is 0. The molecular weight excluding hydrogens is 780 g/mol. The average molecular weight is 887 g/mol. The number of alkyl halides is 12. The fourth-order valence-electron chi connectivity index (χ4n) is 1.43. The van der Waals surface area contributed by atoms with Gasteiger partial charge in [0.05, 0.1) is 0 Å². The molecule has 0 spiro atoms. The number of hydrogen-bond acceptors (Lipinski definition) is 0. The molecule has 0 aromatic rings. The maximum absolute atomic E-state index is 11.5. The lowest BCUT2D eigenvalue weighted by Crippen LogP contribution is -2.15. The topological polar surface area (TPSA) is 0 Å². The third kappa shape index (κ3) is 190. The minimum atomic E-state index is -4.40. The van der Waals surface area contributed by atoms with E-state index in [0.717, 1.165) is 33.6 Å². The highest BCUT2D eigenvalue weighted by Gasteiger charge is 2.32. The third-order valence-corrected chi connectivity index (χ3v) is 5.34. The largest absolute Gasteiger partial charge is 0.391 e. The first-order valence-corrected chi connectivity index (χ1v) is 21.4.